The first-order valence-corrected chi connectivity index (χ1v) is 7.79. The molecule has 2 heterocycles. The van der Waals surface area contributed by atoms with Crippen molar-refractivity contribution >= 4 is 9.84 Å². The highest BCUT2D eigenvalue weighted by Crippen LogP contribution is 2.22. The SMILES string of the molecule is CCn1cc(CC(N)C2CCS(=O)(=O)C2)cn1. The lowest BCUT2D eigenvalue weighted by atomic mass is 9.95. The van der Waals surface area contributed by atoms with Gasteiger partial charge in [-0.15, -0.1) is 0 Å². The van der Waals surface area contributed by atoms with Crippen molar-refractivity contribution in [1.29, 1.82) is 0 Å². The Hall–Kier alpha value is -0.880. The van der Waals surface area contributed by atoms with Crippen LogP contribution in [0.4, 0.5) is 0 Å². The van der Waals surface area contributed by atoms with Gasteiger partial charge in [-0.3, -0.25) is 4.68 Å². The topological polar surface area (TPSA) is 78.0 Å². The van der Waals surface area contributed by atoms with Crippen LogP contribution in [0.5, 0.6) is 0 Å². The summed E-state index contributed by atoms with van der Waals surface area (Å²) in [4.78, 5) is 0. The van der Waals surface area contributed by atoms with E-state index < -0.39 is 9.84 Å². The third-order valence-corrected chi connectivity index (χ3v) is 5.15. The van der Waals surface area contributed by atoms with Crippen LogP contribution in [0, 0.1) is 5.92 Å². The maximum atomic E-state index is 11.4. The summed E-state index contributed by atoms with van der Waals surface area (Å²) in [6, 6.07) is -0.0817. The zero-order chi connectivity index (χ0) is 12.5. The van der Waals surface area contributed by atoms with Crippen LogP contribution in [0.1, 0.15) is 18.9 Å². The summed E-state index contributed by atoms with van der Waals surface area (Å²) in [5.41, 5.74) is 7.17. The molecule has 1 aromatic heterocycles. The summed E-state index contributed by atoms with van der Waals surface area (Å²) in [5.74, 6) is 0.639. The van der Waals surface area contributed by atoms with Gasteiger partial charge in [-0.05, 0) is 31.2 Å². The molecule has 1 saturated heterocycles. The van der Waals surface area contributed by atoms with Crippen LogP contribution in [0.3, 0.4) is 0 Å². The van der Waals surface area contributed by atoms with E-state index in [0.29, 0.717) is 18.6 Å². The molecule has 6 heteroatoms. The van der Waals surface area contributed by atoms with Crippen LogP contribution in [-0.2, 0) is 22.8 Å². The van der Waals surface area contributed by atoms with Gasteiger partial charge in [-0.2, -0.15) is 5.10 Å². The van der Waals surface area contributed by atoms with E-state index in [9.17, 15) is 8.42 Å². The molecule has 1 fully saturated rings. The highest BCUT2D eigenvalue weighted by molar-refractivity contribution is 7.91. The van der Waals surface area contributed by atoms with Crippen LogP contribution >= 0.6 is 0 Å². The average molecular weight is 257 g/mol. The van der Waals surface area contributed by atoms with Gasteiger partial charge < -0.3 is 5.73 Å². The maximum Gasteiger partial charge on any atom is 0.150 e. The largest absolute Gasteiger partial charge is 0.327 e. The Balaban J connectivity index is 1.95. The van der Waals surface area contributed by atoms with Gasteiger partial charge in [0.25, 0.3) is 0 Å². The lowest BCUT2D eigenvalue weighted by Gasteiger charge is -2.16. The predicted molar refractivity (Wildman–Crippen MR) is 66.3 cm³/mol. The first-order chi connectivity index (χ1) is 8.00. The zero-order valence-corrected chi connectivity index (χ0v) is 10.9. The van der Waals surface area contributed by atoms with E-state index in [2.05, 4.69) is 5.10 Å². The molecule has 0 radical (unpaired) electrons. The first kappa shape index (κ1) is 12.6. The Labute approximate surface area is 102 Å². The molecule has 0 saturated carbocycles. The third kappa shape index (κ3) is 3.07. The molecule has 2 atom stereocenters. The summed E-state index contributed by atoms with van der Waals surface area (Å²) in [6.07, 6.45) is 5.20. The average Bonchev–Trinajstić information content (AvgIpc) is 2.84. The first-order valence-electron chi connectivity index (χ1n) is 5.97. The Kier molecular flexibility index (Phi) is 3.53. The molecule has 1 aromatic rings. The van der Waals surface area contributed by atoms with Gasteiger partial charge in [0.1, 0.15) is 0 Å². The molecular formula is C11H19N3O2S. The molecule has 0 aliphatic carbocycles. The summed E-state index contributed by atoms with van der Waals surface area (Å²) < 4.78 is 24.6. The van der Waals surface area contributed by atoms with Crippen molar-refractivity contribution in [3.8, 4) is 0 Å². The second-order valence-electron chi connectivity index (χ2n) is 4.74. The van der Waals surface area contributed by atoms with E-state index in [1.54, 1.807) is 0 Å². The number of hydrogen-bond acceptors (Lipinski definition) is 4. The number of rotatable bonds is 4. The highest BCUT2D eigenvalue weighted by atomic mass is 32.2. The quantitative estimate of drug-likeness (QED) is 0.836. The van der Waals surface area contributed by atoms with Crippen molar-refractivity contribution < 1.29 is 8.42 Å². The number of nitrogens with zero attached hydrogens (tertiary/aromatic N) is 2. The molecule has 0 amide bonds. The lowest BCUT2D eigenvalue weighted by molar-refractivity contribution is 0.461. The molecule has 96 valence electrons. The normalized spacial score (nSPS) is 24.9. The Morgan fingerprint density at radius 1 is 1.65 bits per heavy atom. The molecule has 0 aromatic carbocycles. The van der Waals surface area contributed by atoms with Gasteiger partial charge in [0.05, 0.1) is 17.7 Å². The van der Waals surface area contributed by atoms with E-state index in [1.807, 2.05) is 24.0 Å². The fourth-order valence-corrected chi connectivity index (χ4v) is 4.18. The Bertz CT molecular complexity index is 481. The molecule has 5 nitrogen and oxygen atoms in total. The van der Waals surface area contributed by atoms with Crippen LogP contribution in [0.15, 0.2) is 12.4 Å². The van der Waals surface area contributed by atoms with Crippen molar-refractivity contribution in [2.45, 2.75) is 32.4 Å². The van der Waals surface area contributed by atoms with Crippen LogP contribution in [0.2, 0.25) is 0 Å². The summed E-state index contributed by atoms with van der Waals surface area (Å²) in [5, 5.41) is 4.19. The molecule has 2 N–H and O–H groups in total. The minimum Gasteiger partial charge on any atom is -0.327 e. The van der Waals surface area contributed by atoms with Crippen molar-refractivity contribution in [2.75, 3.05) is 11.5 Å². The number of hydrogen-bond donors (Lipinski definition) is 1. The Morgan fingerprint density at radius 2 is 2.41 bits per heavy atom. The van der Waals surface area contributed by atoms with E-state index in [1.165, 1.54) is 0 Å². The Morgan fingerprint density at radius 3 is 2.94 bits per heavy atom. The molecule has 0 spiro atoms. The zero-order valence-electron chi connectivity index (χ0n) is 10.0. The number of aromatic nitrogens is 2. The van der Waals surface area contributed by atoms with Crippen LogP contribution in [-0.4, -0.2) is 35.7 Å². The van der Waals surface area contributed by atoms with Crippen molar-refractivity contribution in [3.05, 3.63) is 18.0 Å². The molecule has 1 aliphatic heterocycles. The summed E-state index contributed by atoms with van der Waals surface area (Å²) >= 11 is 0. The molecule has 2 unspecified atom stereocenters. The monoisotopic (exact) mass is 257 g/mol. The minimum absolute atomic E-state index is 0.0817. The van der Waals surface area contributed by atoms with E-state index in [-0.39, 0.29) is 17.7 Å². The summed E-state index contributed by atoms with van der Waals surface area (Å²) in [7, 11) is -2.83. The van der Waals surface area contributed by atoms with Gasteiger partial charge in [0.15, 0.2) is 9.84 Å². The summed E-state index contributed by atoms with van der Waals surface area (Å²) in [6.45, 7) is 2.87. The van der Waals surface area contributed by atoms with Crippen molar-refractivity contribution in [1.82, 2.24) is 9.78 Å². The molecular weight excluding hydrogens is 238 g/mol. The molecule has 17 heavy (non-hydrogen) atoms. The van der Waals surface area contributed by atoms with E-state index in [0.717, 1.165) is 12.1 Å². The van der Waals surface area contributed by atoms with Gasteiger partial charge in [-0.1, -0.05) is 0 Å². The van der Waals surface area contributed by atoms with Gasteiger partial charge in [-0.25, -0.2) is 8.42 Å². The minimum atomic E-state index is -2.83. The molecule has 0 bridgehead atoms. The van der Waals surface area contributed by atoms with E-state index >= 15 is 0 Å². The molecule has 1 aliphatic rings. The van der Waals surface area contributed by atoms with Crippen LogP contribution in [0.25, 0.3) is 0 Å². The number of nitrogens with two attached hydrogens (primary N) is 1. The fourth-order valence-electron chi connectivity index (χ4n) is 2.29. The highest BCUT2D eigenvalue weighted by Gasteiger charge is 2.32. The van der Waals surface area contributed by atoms with Gasteiger partial charge >= 0.3 is 0 Å². The molecule has 2 rings (SSSR count). The second kappa shape index (κ2) is 4.78. The second-order valence-corrected chi connectivity index (χ2v) is 6.96. The standard InChI is InChI=1S/C11H19N3O2S/c1-2-14-7-9(6-13-14)5-11(12)10-3-4-17(15,16)8-10/h6-7,10-11H,2-5,8,12H2,1H3. The van der Waals surface area contributed by atoms with E-state index in [4.69, 9.17) is 5.73 Å². The third-order valence-electron chi connectivity index (χ3n) is 3.36. The predicted octanol–water partition coefficient (Wildman–Crippen LogP) is 0.208. The number of aryl methyl sites for hydroxylation is 1. The maximum absolute atomic E-state index is 11.4. The van der Waals surface area contributed by atoms with Crippen molar-refractivity contribution in [3.63, 3.8) is 0 Å². The van der Waals surface area contributed by atoms with Crippen molar-refractivity contribution in [2.24, 2.45) is 11.7 Å². The fraction of sp³-hybridized carbons (Fsp3) is 0.727. The smallest absolute Gasteiger partial charge is 0.150 e. The van der Waals surface area contributed by atoms with Gasteiger partial charge in [0, 0.05) is 18.8 Å². The van der Waals surface area contributed by atoms with Crippen LogP contribution < -0.4 is 5.73 Å². The number of sulfone groups is 1. The van der Waals surface area contributed by atoms with Gasteiger partial charge in [0.2, 0.25) is 0 Å². The lowest BCUT2D eigenvalue weighted by Crippen LogP contribution is -2.32.